The van der Waals surface area contributed by atoms with Crippen LogP contribution in [0.1, 0.15) is 35.8 Å². The molecule has 6 rings (SSSR count). The van der Waals surface area contributed by atoms with Gasteiger partial charge in [0.15, 0.2) is 5.69 Å². The molecule has 1 N–H and O–H groups in total. The largest absolute Gasteiger partial charge is 0.383 e. The minimum atomic E-state index is -0.414. The number of aromatic nitrogens is 6. The van der Waals surface area contributed by atoms with Crippen LogP contribution >= 0.6 is 0 Å². The summed E-state index contributed by atoms with van der Waals surface area (Å²) < 4.78 is 22.8. The predicted molar refractivity (Wildman–Crippen MR) is 152 cm³/mol. The summed E-state index contributed by atoms with van der Waals surface area (Å²) in [5.74, 6) is 0.785. The molecule has 1 aliphatic carbocycles. The number of benzene rings is 1. The van der Waals surface area contributed by atoms with Crippen LogP contribution in [0.5, 0.6) is 0 Å². The van der Waals surface area contributed by atoms with Gasteiger partial charge in [-0.1, -0.05) is 6.07 Å². The van der Waals surface area contributed by atoms with Crippen molar-refractivity contribution in [2.75, 3.05) is 27.3 Å². The van der Waals surface area contributed by atoms with Gasteiger partial charge in [-0.15, -0.1) is 0 Å². The monoisotopic (exact) mass is 552 g/mol. The Kier molecular flexibility index (Phi) is 6.95. The lowest BCUT2D eigenvalue weighted by Gasteiger charge is -2.14. The Morgan fingerprint density at radius 1 is 1.20 bits per heavy atom. The minimum absolute atomic E-state index is 0.243. The number of fused-ring (bicyclic) bond motifs is 1. The van der Waals surface area contributed by atoms with E-state index in [-0.39, 0.29) is 11.3 Å². The van der Waals surface area contributed by atoms with Crippen molar-refractivity contribution in [2.45, 2.75) is 25.3 Å². The summed E-state index contributed by atoms with van der Waals surface area (Å²) in [5, 5.41) is 9.35. The molecule has 1 aromatic carbocycles. The maximum absolute atomic E-state index is 14.5. The fraction of sp³-hybridized carbons (Fsp3) is 0.300. The summed E-state index contributed by atoms with van der Waals surface area (Å²) in [6, 6.07) is 12.2. The highest BCUT2D eigenvalue weighted by molar-refractivity contribution is 5.82. The molecule has 10 nitrogen and oxygen atoms in total. The van der Waals surface area contributed by atoms with Crippen molar-refractivity contribution in [3.05, 3.63) is 82.2 Å². The quantitative estimate of drug-likeness (QED) is 0.292. The summed E-state index contributed by atoms with van der Waals surface area (Å²) in [5.41, 5.74) is 4.76. The van der Waals surface area contributed by atoms with Crippen LogP contribution in [0.4, 0.5) is 4.39 Å². The van der Waals surface area contributed by atoms with E-state index in [1.165, 1.54) is 23.0 Å². The first-order valence-electron chi connectivity index (χ1n) is 13.4. The van der Waals surface area contributed by atoms with Crippen LogP contribution in [0.15, 0.2) is 53.7 Å². The number of imidazole rings is 1. The lowest BCUT2D eigenvalue weighted by molar-refractivity contribution is 0.158. The fourth-order valence-corrected chi connectivity index (χ4v) is 5.05. The van der Waals surface area contributed by atoms with Crippen molar-refractivity contribution in [1.29, 1.82) is 5.26 Å². The van der Waals surface area contributed by atoms with E-state index in [1.807, 2.05) is 31.3 Å². The Labute approximate surface area is 235 Å². The van der Waals surface area contributed by atoms with Gasteiger partial charge in [0.05, 0.1) is 12.1 Å². The number of halogens is 1. The number of aromatic amines is 1. The SMILES string of the molecule is COCCN(C)Cc1cc2ncn(-c3cc(-c4ccc(F)cc4-c4nc(C#N)cn4C)cc(C4CC4)n3)c(=O)c2[nH]1. The van der Waals surface area contributed by atoms with Gasteiger partial charge < -0.3 is 14.3 Å². The molecule has 0 atom stereocenters. The summed E-state index contributed by atoms with van der Waals surface area (Å²) in [4.78, 5) is 32.8. The molecule has 0 unspecified atom stereocenters. The molecule has 0 aliphatic heterocycles. The normalized spacial score (nSPS) is 13.3. The Hall–Kier alpha value is -4.66. The van der Waals surface area contributed by atoms with Gasteiger partial charge in [0.1, 0.15) is 35.4 Å². The van der Waals surface area contributed by atoms with Gasteiger partial charge in [-0.25, -0.2) is 23.9 Å². The fourth-order valence-electron chi connectivity index (χ4n) is 5.05. The Balaban J connectivity index is 1.45. The molecule has 0 radical (unpaired) electrons. The Morgan fingerprint density at radius 2 is 2.02 bits per heavy atom. The summed E-state index contributed by atoms with van der Waals surface area (Å²) in [7, 11) is 5.42. The van der Waals surface area contributed by atoms with Gasteiger partial charge in [0.2, 0.25) is 0 Å². The number of nitrogens with one attached hydrogen (secondary N) is 1. The van der Waals surface area contributed by atoms with Gasteiger partial charge in [0.25, 0.3) is 5.56 Å². The average Bonchev–Trinajstić information content (AvgIpc) is 3.63. The molecule has 1 fully saturated rings. The molecule has 0 saturated heterocycles. The van der Waals surface area contributed by atoms with E-state index < -0.39 is 5.82 Å². The number of aryl methyl sites for hydroxylation is 1. The van der Waals surface area contributed by atoms with E-state index in [4.69, 9.17) is 9.72 Å². The molecule has 1 aliphatic rings. The van der Waals surface area contributed by atoms with Crippen molar-refractivity contribution in [1.82, 2.24) is 34.0 Å². The van der Waals surface area contributed by atoms with E-state index >= 15 is 0 Å². The molecule has 4 aromatic heterocycles. The summed E-state index contributed by atoms with van der Waals surface area (Å²) in [6.07, 6.45) is 5.14. The Bertz CT molecular complexity index is 1860. The highest BCUT2D eigenvalue weighted by Gasteiger charge is 2.27. The zero-order chi connectivity index (χ0) is 28.7. The smallest absolute Gasteiger partial charge is 0.283 e. The standard InChI is InChI=1S/C30H29FN8O2/c1-37(8-9-41-3)15-21-13-26-28(34-21)30(40)39(17-33-26)27-11-19(10-25(36-27)18-4-5-18)23-7-6-20(31)12-24(23)29-35-22(14-32)16-38(29)2/h6-7,10-13,16-18,34H,4-5,8-9,15H2,1-3H3. The number of H-pyrrole nitrogens is 1. The second kappa shape index (κ2) is 10.7. The third kappa shape index (κ3) is 5.27. The van der Waals surface area contributed by atoms with E-state index in [9.17, 15) is 14.4 Å². The maximum Gasteiger partial charge on any atom is 0.283 e. The first-order valence-corrected chi connectivity index (χ1v) is 13.4. The number of hydrogen-bond acceptors (Lipinski definition) is 7. The number of nitriles is 1. The Morgan fingerprint density at radius 3 is 2.76 bits per heavy atom. The predicted octanol–water partition coefficient (Wildman–Crippen LogP) is 4.14. The van der Waals surface area contributed by atoms with E-state index in [1.54, 1.807) is 31.0 Å². The molecule has 0 spiro atoms. The van der Waals surface area contributed by atoms with Gasteiger partial charge in [-0.3, -0.25) is 9.69 Å². The van der Waals surface area contributed by atoms with Gasteiger partial charge in [-0.05, 0) is 61.3 Å². The third-order valence-electron chi connectivity index (χ3n) is 7.31. The van der Waals surface area contributed by atoms with Crippen LogP contribution in [-0.4, -0.2) is 61.3 Å². The number of rotatable bonds is 9. The molecule has 208 valence electrons. The van der Waals surface area contributed by atoms with Gasteiger partial charge in [-0.2, -0.15) is 5.26 Å². The topological polar surface area (TPSA) is 118 Å². The van der Waals surface area contributed by atoms with Crippen molar-refractivity contribution in [3.8, 4) is 34.4 Å². The molecule has 41 heavy (non-hydrogen) atoms. The van der Waals surface area contributed by atoms with Crippen molar-refractivity contribution in [2.24, 2.45) is 7.05 Å². The number of hydrogen-bond donors (Lipinski definition) is 1. The molecule has 0 amide bonds. The number of methoxy groups -OCH3 is 1. The molecule has 1 saturated carbocycles. The average molecular weight is 553 g/mol. The van der Waals surface area contributed by atoms with Crippen LogP contribution in [0, 0.1) is 17.1 Å². The van der Waals surface area contributed by atoms with Crippen LogP contribution in [0.3, 0.4) is 0 Å². The van der Waals surface area contributed by atoms with E-state index in [0.717, 1.165) is 41.9 Å². The molecule has 0 bridgehead atoms. The first kappa shape index (κ1) is 26.6. The lowest BCUT2D eigenvalue weighted by Crippen LogP contribution is -2.22. The third-order valence-corrected chi connectivity index (χ3v) is 7.31. The number of ether oxygens (including phenoxy) is 1. The van der Waals surface area contributed by atoms with Crippen molar-refractivity contribution >= 4 is 11.0 Å². The molecular formula is C30H29FN8O2. The van der Waals surface area contributed by atoms with Crippen molar-refractivity contribution in [3.63, 3.8) is 0 Å². The highest BCUT2D eigenvalue weighted by atomic mass is 19.1. The number of likely N-dealkylation sites (N-methyl/N-ethyl adjacent to an activating group) is 1. The van der Waals surface area contributed by atoms with E-state index in [0.29, 0.717) is 47.3 Å². The molecule has 5 aromatic rings. The zero-order valence-electron chi connectivity index (χ0n) is 23.1. The maximum atomic E-state index is 14.5. The van der Waals surface area contributed by atoms with Gasteiger partial charge >= 0.3 is 0 Å². The second-order valence-electron chi connectivity index (χ2n) is 10.5. The molecule has 11 heteroatoms. The van der Waals surface area contributed by atoms with Gasteiger partial charge in [0, 0.05) is 56.3 Å². The first-order chi connectivity index (χ1) is 19.8. The van der Waals surface area contributed by atoms with Crippen LogP contribution < -0.4 is 5.56 Å². The summed E-state index contributed by atoms with van der Waals surface area (Å²) >= 11 is 0. The van der Waals surface area contributed by atoms with E-state index in [2.05, 4.69) is 19.9 Å². The van der Waals surface area contributed by atoms with Crippen LogP contribution in [0.25, 0.3) is 39.4 Å². The lowest BCUT2D eigenvalue weighted by atomic mass is 9.98. The summed E-state index contributed by atoms with van der Waals surface area (Å²) in [6.45, 7) is 1.99. The van der Waals surface area contributed by atoms with Crippen LogP contribution in [0.2, 0.25) is 0 Å². The number of nitrogens with zero attached hydrogens (tertiary/aromatic N) is 7. The zero-order valence-corrected chi connectivity index (χ0v) is 23.1. The van der Waals surface area contributed by atoms with Crippen molar-refractivity contribution < 1.29 is 9.13 Å². The minimum Gasteiger partial charge on any atom is -0.383 e. The van der Waals surface area contributed by atoms with Crippen LogP contribution in [-0.2, 0) is 18.3 Å². The highest BCUT2D eigenvalue weighted by Crippen LogP contribution is 2.42. The second-order valence-corrected chi connectivity index (χ2v) is 10.5. The number of pyridine rings is 1. The molecule has 4 heterocycles. The molecular weight excluding hydrogens is 523 g/mol.